The summed E-state index contributed by atoms with van der Waals surface area (Å²) in [6.45, 7) is 6.06. The van der Waals surface area contributed by atoms with Crippen LogP contribution < -0.4 is 5.73 Å². The van der Waals surface area contributed by atoms with Gasteiger partial charge in [-0.15, -0.1) is 0 Å². The molecule has 0 fully saturated rings. The lowest BCUT2D eigenvalue weighted by Crippen LogP contribution is -2.32. The number of nitrogens with zero attached hydrogens (tertiary/aromatic N) is 1. The average molecular weight is 252 g/mol. The quantitative estimate of drug-likeness (QED) is 0.844. The fraction of sp³-hybridized carbons (Fsp3) is 0.571. The van der Waals surface area contributed by atoms with E-state index in [1.165, 1.54) is 16.7 Å². The van der Waals surface area contributed by atoms with Gasteiger partial charge >= 0.3 is 0 Å². The van der Waals surface area contributed by atoms with Crippen molar-refractivity contribution < 1.29 is 0 Å². The van der Waals surface area contributed by atoms with Crippen LogP contribution in [0, 0.1) is 13.8 Å². The Kier molecular flexibility index (Phi) is 6.03. The fourth-order valence-corrected chi connectivity index (χ4v) is 2.40. The lowest BCUT2D eigenvalue weighted by molar-refractivity contribution is 0.265. The summed E-state index contributed by atoms with van der Waals surface area (Å²) in [6, 6.07) is 7.00. The zero-order valence-electron chi connectivity index (χ0n) is 11.4. The molecule has 0 aliphatic rings. The van der Waals surface area contributed by atoms with Crippen molar-refractivity contribution in [2.24, 2.45) is 5.73 Å². The second-order valence-electron chi connectivity index (χ2n) is 4.57. The smallest absolute Gasteiger partial charge is 0.0467 e. The van der Waals surface area contributed by atoms with Crippen molar-refractivity contribution in [2.75, 3.05) is 32.1 Å². The van der Waals surface area contributed by atoms with Gasteiger partial charge in [-0.1, -0.05) is 18.2 Å². The molecule has 2 nitrogen and oxygen atoms in total. The minimum absolute atomic E-state index is 0.335. The Bertz CT molecular complexity index is 352. The second-order valence-corrected chi connectivity index (χ2v) is 5.55. The molecule has 0 aliphatic heterocycles. The maximum absolute atomic E-state index is 5.92. The summed E-state index contributed by atoms with van der Waals surface area (Å²) in [6.07, 6.45) is 2.14. The Morgan fingerprint density at radius 2 is 2.00 bits per heavy atom. The SMILES string of the molecule is CSCCN(C)C(CN)c1ccc(C)c(C)c1. The maximum Gasteiger partial charge on any atom is 0.0467 e. The summed E-state index contributed by atoms with van der Waals surface area (Å²) in [5, 5.41) is 0. The minimum Gasteiger partial charge on any atom is -0.329 e. The van der Waals surface area contributed by atoms with E-state index in [4.69, 9.17) is 5.73 Å². The molecule has 0 spiro atoms. The van der Waals surface area contributed by atoms with Crippen LogP contribution in [0.2, 0.25) is 0 Å². The van der Waals surface area contributed by atoms with Crippen LogP contribution in [0.5, 0.6) is 0 Å². The third-order valence-electron chi connectivity index (χ3n) is 3.32. The highest BCUT2D eigenvalue weighted by molar-refractivity contribution is 7.98. The first kappa shape index (κ1) is 14.6. The summed E-state index contributed by atoms with van der Waals surface area (Å²) >= 11 is 1.88. The molecule has 1 atom stereocenters. The molecule has 1 aromatic rings. The van der Waals surface area contributed by atoms with Crippen LogP contribution in [0.1, 0.15) is 22.7 Å². The van der Waals surface area contributed by atoms with Crippen molar-refractivity contribution in [3.8, 4) is 0 Å². The number of thioether (sulfide) groups is 1. The van der Waals surface area contributed by atoms with Gasteiger partial charge in [0, 0.05) is 24.9 Å². The van der Waals surface area contributed by atoms with E-state index in [-0.39, 0.29) is 0 Å². The van der Waals surface area contributed by atoms with Crippen LogP contribution in [-0.4, -0.2) is 37.0 Å². The summed E-state index contributed by atoms with van der Waals surface area (Å²) in [5.74, 6) is 1.15. The highest BCUT2D eigenvalue weighted by Crippen LogP contribution is 2.21. The highest BCUT2D eigenvalue weighted by atomic mass is 32.2. The number of likely N-dealkylation sites (N-methyl/N-ethyl adjacent to an activating group) is 1. The van der Waals surface area contributed by atoms with E-state index >= 15 is 0 Å². The summed E-state index contributed by atoms with van der Waals surface area (Å²) in [4.78, 5) is 2.35. The van der Waals surface area contributed by atoms with Gasteiger partial charge in [0.1, 0.15) is 0 Å². The zero-order valence-corrected chi connectivity index (χ0v) is 12.2. The van der Waals surface area contributed by atoms with Gasteiger partial charge in [0.2, 0.25) is 0 Å². The van der Waals surface area contributed by atoms with Gasteiger partial charge in [-0.2, -0.15) is 11.8 Å². The number of rotatable bonds is 6. The van der Waals surface area contributed by atoms with Gasteiger partial charge in [0.05, 0.1) is 0 Å². The van der Waals surface area contributed by atoms with Crippen molar-refractivity contribution in [3.05, 3.63) is 34.9 Å². The largest absolute Gasteiger partial charge is 0.329 e. The summed E-state index contributed by atoms with van der Waals surface area (Å²) in [7, 11) is 2.16. The summed E-state index contributed by atoms with van der Waals surface area (Å²) < 4.78 is 0. The van der Waals surface area contributed by atoms with Crippen molar-refractivity contribution >= 4 is 11.8 Å². The van der Waals surface area contributed by atoms with E-state index in [9.17, 15) is 0 Å². The molecule has 1 unspecified atom stereocenters. The van der Waals surface area contributed by atoms with Crippen LogP contribution in [0.25, 0.3) is 0 Å². The van der Waals surface area contributed by atoms with E-state index < -0.39 is 0 Å². The standard InChI is InChI=1S/C14H24N2S/c1-11-5-6-13(9-12(11)2)14(10-15)16(3)7-8-17-4/h5-6,9,14H,7-8,10,15H2,1-4H3. The van der Waals surface area contributed by atoms with Crippen LogP contribution >= 0.6 is 11.8 Å². The third kappa shape index (κ3) is 4.02. The number of aryl methyl sites for hydroxylation is 2. The Hall–Kier alpha value is -0.510. The van der Waals surface area contributed by atoms with Crippen molar-refractivity contribution in [2.45, 2.75) is 19.9 Å². The van der Waals surface area contributed by atoms with Crippen LogP contribution in [-0.2, 0) is 0 Å². The van der Waals surface area contributed by atoms with E-state index in [1.807, 2.05) is 11.8 Å². The predicted molar refractivity (Wildman–Crippen MR) is 78.7 cm³/mol. The molecule has 1 rings (SSSR count). The molecule has 17 heavy (non-hydrogen) atoms. The van der Waals surface area contributed by atoms with Gasteiger partial charge in [-0.05, 0) is 43.8 Å². The lowest BCUT2D eigenvalue weighted by Gasteiger charge is -2.27. The Morgan fingerprint density at radius 1 is 1.29 bits per heavy atom. The number of nitrogens with two attached hydrogens (primary N) is 1. The molecule has 0 saturated carbocycles. The van der Waals surface area contributed by atoms with E-state index in [0.29, 0.717) is 12.6 Å². The third-order valence-corrected chi connectivity index (χ3v) is 3.91. The monoisotopic (exact) mass is 252 g/mol. The van der Waals surface area contributed by atoms with Gasteiger partial charge < -0.3 is 5.73 Å². The first-order valence-electron chi connectivity index (χ1n) is 6.06. The van der Waals surface area contributed by atoms with E-state index in [2.05, 4.69) is 50.2 Å². The number of hydrogen-bond donors (Lipinski definition) is 1. The summed E-state index contributed by atoms with van der Waals surface area (Å²) in [5.41, 5.74) is 9.94. The van der Waals surface area contributed by atoms with Crippen LogP contribution in [0.4, 0.5) is 0 Å². The average Bonchev–Trinajstić information content (AvgIpc) is 2.32. The zero-order chi connectivity index (χ0) is 12.8. The molecule has 0 radical (unpaired) electrons. The molecular weight excluding hydrogens is 228 g/mol. The Balaban J connectivity index is 2.81. The normalized spacial score (nSPS) is 13.1. The number of benzene rings is 1. The van der Waals surface area contributed by atoms with Crippen molar-refractivity contribution in [3.63, 3.8) is 0 Å². The molecule has 2 N–H and O–H groups in total. The van der Waals surface area contributed by atoms with Gasteiger partial charge in [-0.25, -0.2) is 0 Å². The van der Waals surface area contributed by atoms with Gasteiger partial charge in [-0.3, -0.25) is 4.90 Å². The van der Waals surface area contributed by atoms with Gasteiger partial charge in [0.25, 0.3) is 0 Å². The topological polar surface area (TPSA) is 29.3 Å². The molecule has 3 heteroatoms. The van der Waals surface area contributed by atoms with Crippen molar-refractivity contribution in [1.82, 2.24) is 4.90 Å². The molecule has 0 amide bonds. The molecule has 96 valence electrons. The van der Waals surface area contributed by atoms with Crippen LogP contribution in [0.3, 0.4) is 0 Å². The molecule has 0 bridgehead atoms. The number of hydrogen-bond acceptors (Lipinski definition) is 3. The molecule has 0 saturated heterocycles. The van der Waals surface area contributed by atoms with Crippen molar-refractivity contribution in [1.29, 1.82) is 0 Å². The van der Waals surface area contributed by atoms with Gasteiger partial charge in [0.15, 0.2) is 0 Å². The van der Waals surface area contributed by atoms with Crippen LogP contribution in [0.15, 0.2) is 18.2 Å². The molecular formula is C14H24N2S. The molecule has 1 aromatic carbocycles. The fourth-order valence-electron chi connectivity index (χ4n) is 1.93. The lowest BCUT2D eigenvalue weighted by atomic mass is 10.0. The second kappa shape index (κ2) is 7.04. The molecule has 0 aromatic heterocycles. The maximum atomic E-state index is 5.92. The van der Waals surface area contributed by atoms with E-state index in [0.717, 1.165) is 12.3 Å². The predicted octanol–water partition coefficient (Wildman–Crippen LogP) is 2.60. The first-order valence-corrected chi connectivity index (χ1v) is 7.46. The highest BCUT2D eigenvalue weighted by Gasteiger charge is 2.15. The Labute approximate surface area is 110 Å². The van der Waals surface area contributed by atoms with E-state index in [1.54, 1.807) is 0 Å². The molecule has 0 aliphatic carbocycles. The first-order chi connectivity index (χ1) is 8.10. The Morgan fingerprint density at radius 3 is 2.53 bits per heavy atom. The minimum atomic E-state index is 0.335. The molecule has 0 heterocycles.